The zero-order chi connectivity index (χ0) is 25.4. The molecule has 35 heavy (non-hydrogen) atoms. The second kappa shape index (κ2) is 12.2. The monoisotopic (exact) mass is 500 g/mol. The Labute approximate surface area is 211 Å². The first-order valence-corrected chi connectivity index (χ1v) is 12.2. The lowest BCUT2D eigenvalue weighted by Gasteiger charge is -2.40. The van der Waals surface area contributed by atoms with E-state index in [-0.39, 0.29) is 30.9 Å². The Bertz CT molecular complexity index is 1050. The molecule has 9 heteroatoms. The van der Waals surface area contributed by atoms with Crippen LogP contribution in [0.1, 0.15) is 46.8 Å². The first-order chi connectivity index (χ1) is 16.8. The number of likely N-dealkylation sites (tertiary alicyclic amines) is 1. The highest BCUT2D eigenvalue weighted by Crippen LogP contribution is 2.32. The topological polar surface area (TPSA) is 114 Å². The van der Waals surface area contributed by atoms with Gasteiger partial charge in [0, 0.05) is 30.2 Å². The van der Waals surface area contributed by atoms with Crippen molar-refractivity contribution in [2.24, 2.45) is 11.1 Å². The summed E-state index contributed by atoms with van der Waals surface area (Å²) in [6, 6.07) is 12.8. The van der Waals surface area contributed by atoms with E-state index in [2.05, 4.69) is 10.8 Å². The lowest BCUT2D eigenvalue weighted by Crippen LogP contribution is -2.53. The smallest absolute Gasteiger partial charge is 0.274 e. The number of carbonyl (C=O) groups is 3. The molecule has 1 heterocycles. The fourth-order valence-electron chi connectivity index (χ4n) is 4.16. The summed E-state index contributed by atoms with van der Waals surface area (Å²) < 4.78 is 0. The number of nitrogens with two attached hydrogens (primary N) is 1. The van der Waals surface area contributed by atoms with E-state index in [0.29, 0.717) is 43.1 Å². The van der Waals surface area contributed by atoms with Gasteiger partial charge < -0.3 is 16.0 Å². The zero-order valence-electron chi connectivity index (χ0n) is 20.2. The summed E-state index contributed by atoms with van der Waals surface area (Å²) in [5, 5.41) is 3.65. The van der Waals surface area contributed by atoms with Crippen LogP contribution in [0.3, 0.4) is 0 Å². The maximum absolute atomic E-state index is 13.4. The van der Waals surface area contributed by atoms with Crippen LogP contribution in [0.25, 0.3) is 0 Å². The zero-order valence-corrected chi connectivity index (χ0v) is 21.0. The molecule has 1 fully saturated rings. The molecular formula is C26H33ClN4O4. The van der Waals surface area contributed by atoms with Crippen molar-refractivity contribution < 1.29 is 19.2 Å². The van der Waals surface area contributed by atoms with Crippen LogP contribution in [0, 0.1) is 12.3 Å². The molecule has 3 rings (SSSR count). The molecule has 2 aromatic rings. The lowest BCUT2D eigenvalue weighted by molar-refractivity contribution is -0.145. The summed E-state index contributed by atoms with van der Waals surface area (Å²) in [4.78, 5) is 45.1. The first-order valence-electron chi connectivity index (χ1n) is 11.8. The van der Waals surface area contributed by atoms with Crippen molar-refractivity contribution in [2.45, 2.75) is 39.7 Å². The van der Waals surface area contributed by atoms with Crippen LogP contribution in [-0.2, 0) is 27.4 Å². The summed E-state index contributed by atoms with van der Waals surface area (Å²) >= 11 is 6.04. The van der Waals surface area contributed by atoms with Gasteiger partial charge in [0.1, 0.15) is 0 Å². The Morgan fingerprint density at radius 2 is 1.80 bits per heavy atom. The van der Waals surface area contributed by atoms with Crippen molar-refractivity contribution >= 4 is 29.3 Å². The minimum atomic E-state index is -0.898. The number of hydrogen-bond acceptors (Lipinski definition) is 5. The number of hydrogen-bond donors (Lipinski definition) is 3. The van der Waals surface area contributed by atoms with E-state index in [9.17, 15) is 14.4 Å². The van der Waals surface area contributed by atoms with Crippen molar-refractivity contribution in [2.75, 3.05) is 26.2 Å². The van der Waals surface area contributed by atoms with Crippen LogP contribution in [0.2, 0.25) is 5.02 Å². The second-order valence-corrected chi connectivity index (χ2v) is 9.33. The van der Waals surface area contributed by atoms with E-state index in [0.717, 1.165) is 23.1 Å². The Kier molecular flexibility index (Phi) is 9.26. The molecule has 4 N–H and O–H groups in total. The third kappa shape index (κ3) is 6.81. The highest BCUT2D eigenvalue weighted by molar-refractivity contribution is 6.30. The fraction of sp³-hybridized carbons (Fsp3) is 0.423. The van der Waals surface area contributed by atoms with Gasteiger partial charge in [0.05, 0.1) is 18.6 Å². The minimum Gasteiger partial charge on any atom is -0.351 e. The molecule has 0 atom stereocenters. The maximum Gasteiger partial charge on any atom is 0.274 e. The molecule has 0 unspecified atom stereocenters. The number of aryl methyl sites for hydroxylation is 2. The number of rotatable bonds is 9. The number of halogens is 1. The average molecular weight is 501 g/mol. The van der Waals surface area contributed by atoms with Crippen LogP contribution in [0.5, 0.6) is 0 Å². The molecule has 0 aromatic heterocycles. The number of carbonyl (C=O) groups excluding carboxylic acids is 3. The van der Waals surface area contributed by atoms with E-state index in [1.807, 2.05) is 38.1 Å². The standard InChI is InChI=1S/C26H33ClN4O4/c1-3-19-4-6-20(7-5-19)24(33)30-35-17-26(10-12-31(13-11-26)23(32)15-28)25(34)29-16-21-8-9-22(27)14-18(21)2/h4-9,14H,3,10-13,15-17,28H2,1-2H3,(H,29,34)(H,30,33). The fourth-order valence-corrected chi connectivity index (χ4v) is 4.39. The minimum absolute atomic E-state index is 0.0120. The van der Waals surface area contributed by atoms with E-state index < -0.39 is 5.41 Å². The number of nitrogens with one attached hydrogen (secondary N) is 2. The van der Waals surface area contributed by atoms with Crippen molar-refractivity contribution in [3.05, 3.63) is 69.7 Å². The summed E-state index contributed by atoms with van der Waals surface area (Å²) in [6.45, 7) is 5.01. The molecule has 0 bridgehead atoms. The third-order valence-corrected chi connectivity index (χ3v) is 6.85. The summed E-state index contributed by atoms with van der Waals surface area (Å²) in [5.74, 6) is -0.718. The quantitative estimate of drug-likeness (QED) is 0.458. The number of hydroxylamine groups is 1. The summed E-state index contributed by atoms with van der Waals surface area (Å²) in [6.07, 6.45) is 1.67. The maximum atomic E-state index is 13.4. The molecule has 1 saturated heterocycles. The number of benzene rings is 2. The molecule has 1 aliphatic rings. The van der Waals surface area contributed by atoms with Gasteiger partial charge >= 0.3 is 0 Å². The summed E-state index contributed by atoms with van der Waals surface area (Å²) in [5.41, 5.74) is 10.6. The SMILES string of the molecule is CCc1ccc(C(=O)NOCC2(C(=O)NCc3ccc(Cl)cc3C)CCN(C(=O)CN)CC2)cc1. The predicted octanol–water partition coefficient (Wildman–Crippen LogP) is 2.76. The van der Waals surface area contributed by atoms with Crippen molar-refractivity contribution in [3.63, 3.8) is 0 Å². The van der Waals surface area contributed by atoms with E-state index in [4.69, 9.17) is 22.2 Å². The average Bonchev–Trinajstić information content (AvgIpc) is 2.87. The van der Waals surface area contributed by atoms with E-state index in [1.54, 1.807) is 23.1 Å². The molecule has 0 radical (unpaired) electrons. The van der Waals surface area contributed by atoms with Crippen LogP contribution in [-0.4, -0.2) is 48.9 Å². The van der Waals surface area contributed by atoms with Crippen molar-refractivity contribution in [1.29, 1.82) is 0 Å². The van der Waals surface area contributed by atoms with Crippen molar-refractivity contribution in [1.82, 2.24) is 15.7 Å². The Morgan fingerprint density at radius 3 is 2.40 bits per heavy atom. The van der Waals surface area contributed by atoms with Gasteiger partial charge in [0.2, 0.25) is 11.8 Å². The molecule has 1 aliphatic heterocycles. The highest BCUT2D eigenvalue weighted by Gasteiger charge is 2.42. The number of piperidine rings is 1. The molecule has 0 spiro atoms. The molecule has 0 saturated carbocycles. The Balaban J connectivity index is 1.66. The van der Waals surface area contributed by atoms with Gasteiger partial charge in [0.25, 0.3) is 5.91 Å². The normalized spacial score (nSPS) is 14.9. The first kappa shape index (κ1) is 26.7. The van der Waals surface area contributed by atoms with Crippen molar-refractivity contribution in [3.8, 4) is 0 Å². The summed E-state index contributed by atoms with van der Waals surface area (Å²) in [7, 11) is 0. The molecule has 188 valence electrons. The third-order valence-electron chi connectivity index (χ3n) is 6.61. The number of nitrogens with zero attached hydrogens (tertiary/aromatic N) is 1. The van der Waals surface area contributed by atoms with Gasteiger partial charge in [-0.15, -0.1) is 0 Å². The van der Waals surface area contributed by atoms with Gasteiger partial charge in [-0.3, -0.25) is 19.2 Å². The van der Waals surface area contributed by atoms with E-state index in [1.165, 1.54) is 0 Å². The van der Waals surface area contributed by atoms with Crippen LogP contribution >= 0.6 is 11.6 Å². The van der Waals surface area contributed by atoms with Gasteiger partial charge in [0.15, 0.2) is 0 Å². The highest BCUT2D eigenvalue weighted by atomic mass is 35.5. The molecule has 2 aromatic carbocycles. The lowest BCUT2D eigenvalue weighted by atomic mass is 9.78. The second-order valence-electron chi connectivity index (χ2n) is 8.89. The van der Waals surface area contributed by atoms with Gasteiger partial charge in [-0.1, -0.05) is 36.7 Å². The number of amides is 3. The van der Waals surface area contributed by atoms with Crippen LogP contribution < -0.4 is 16.5 Å². The predicted molar refractivity (Wildman–Crippen MR) is 135 cm³/mol. The molecule has 8 nitrogen and oxygen atoms in total. The van der Waals surface area contributed by atoms with Crippen LogP contribution in [0.15, 0.2) is 42.5 Å². The van der Waals surface area contributed by atoms with Crippen LogP contribution in [0.4, 0.5) is 0 Å². The Morgan fingerprint density at radius 1 is 1.11 bits per heavy atom. The molecule has 0 aliphatic carbocycles. The molecular weight excluding hydrogens is 468 g/mol. The van der Waals surface area contributed by atoms with Gasteiger partial charge in [-0.2, -0.15) is 0 Å². The Hall–Kier alpha value is -2.94. The molecule has 3 amide bonds. The van der Waals surface area contributed by atoms with Gasteiger partial charge in [-0.25, -0.2) is 5.48 Å². The van der Waals surface area contributed by atoms with Gasteiger partial charge in [-0.05, 0) is 67.1 Å². The van der Waals surface area contributed by atoms with E-state index >= 15 is 0 Å². The largest absolute Gasteiger partial charge is 0.351 e.